The van der Waals surface area contributed by atoms with Crippen LogP contribution in [0.5, 0.6) is 5.75 Å². The van der Waals surface area contributed by atoms with Crippen LogP contribution in [0.3, 0.4) is 0 Å². The van der Waals surface area contributed by atoms with Crippen LogP contribution < -0.4 is 4.74 Å². The molecule has 2 heterocycles. The van der Waals surface area contributed by atoms with Gasteiger partial charge in [0.2, 0.25) is 23.6 Å². The molecule has 4 aliphatic rings. The van der Waals surface area contributed by atoms with Crippen molar-refractivity contribution in [3.8, 4) is 5.75 Å². The summed E-state index contributed by atoms with van der Waals surface area (Å²) in [5, 5.41) is 9.30. The van der Waals surface area contributed by atoms with Gasteiger partial charge in [-0.25, -0.2) is 0 Å². The number of para-hydroxylation sites is 1. The predicted octanol–water partition coefficient (Wildman–Crippen LogP) is 1.73. The first-order valence-electron chi connectivity index (χ1n) is 12.2. The topological polar surface area (TPSA) is 104 Å². The predicted molar refractivity (Wildman–Crippen MR) is 121 cm³/mol. The third-order valence-electron chi connectivity index (χ3n) is 8.07. The van der Waals surface area contributed by atoms with Gasteiger partial charge in [-0.1, -0.05) is 29.8 Å². The number of ether oxygens (including phenoxy) is 1. The summed E-state index contributed by atoms with van der Waals surface area (Å²) in [5.74, 6) is -2.85. The first-order chi connectivity index (χ1) is 16.4. The van der Waals surface area contributed by atoms with Crippen molar-refractivity contribution in [2.75, 3.05) is 26.3 Å². The Morgan fingerprint density at radius 3 is 2.21 bits per heavy atom. The van der Waals surface area contributed by atoms with Crippen molar-refractivity contribution < 1.29 is 29.0 Å². The lowest BCUT2D eigenvalue weighted by Crippen LogP contribution is -2.43. The average molecular weight is 467 g/mol. The van der Waals surface area contributed by atoms with Gasteiger partial charge in [-0.05, 0) is 38.7 Å². The second kappa shape index (κ2) is 8.65. The number of hydrogen-bond donors (Lipinski definition) is 1. The van der Waals surface area contributed by atoms with Crippen LogP contribution >= 0.6 is 0 Å². The lowest BCUT2D eigenvalue weighted by atomic mass is 9.57. The highest BCUT2D eigenvalue weighted by Gasteiger charge is 2.61. The van der Waals surface area contributed by atoms with Gasteiger partial charge in [-0.3, -0.25) is 29.0 Å². The smallest absolute Gasteiger partial charge is 0.234 e. The van der Waals surface area contributed by atoms with Gasteiger partial charge in [0.25, 0.3) is 0 Å². The molecule has 0 spiro atoms. The lowest BCUT2D eigenvalue weighted by Gasteiger charge is -2.44. The molecule has 1 N–H and O–H groups in total. The summed E-state index contributed by atoms with van der Waals surface area (Å²) in [6, 6.07) is 7.40. The normalized spacial score (nSPS) is 32.5. The molecule has 2 saturated heterocycles. The molecule has 3 fully saturated rings. The number of imide groups is 2. The van der Waals surface area contributed by atoms with Gasteiger partial charge in [0.05, 0.1) is 30.3 Å². The lowest BCUT2D eigenvalue weighted by molar-refractivity contribution is -0.141. The molecule has 2 aliphatic heterocycles. The molecule has 0 unspecified atom stereocenters. The number of allylic oxidation sites excluding steroid dienone is 2. The largest absolute Gasteiger partial charge is 0.491 e. The Morgan fingerprint density at radius 1 is 0.882 bits per heavy atom. The van der Waals surface area contributed by atoms with Gasteiger partial charge in [-0.15, -0.1) is 0 Å². The van der Waals surface area contributed by atoms with E-state index in [0.29, 0.717) is 31.7 Å². The standard InChI is InChI=1S/C26H30N2O6/c1-3-27-23(30)16-10-9-14-17(21(16)25(27)32)13-18-22(26(33)28(4-2)24(18)31)20(14)15-7-5-6-8-19(15)34-12-11-29/h5-9,16-18,20-22,29H,3-4,10-13H2,1-2H3/t16-,17+,18+,20+,21-,22+/m0/s1. The van der Waals surface area contributed by atoms with E-state index >= 15 is 0 Å². The fourth-order valence-electron chi connectivity index (χ4n) is 6.71. The fourth-order valence-corrected chi connectivity index (χ4v) is 6.71. The maximum absolute atomic E-state index is 13.5. The molecule has 0 radical (unpaired) electrons. The maximum Gasteiger partial charge on any atom is 0.234 e. The molecule has 1 aromatic rings. The summed E-state index contributed by atoms with van der Waals surface area (Å²) in [5.41, 5.74) is 1.74. The first kappa shape index (κ1) is 22.8. The van der Waals surface area contributed by atoms with Crippen LogP contribution in [0.1, 0.15) is 38.2 Å². The molecular weight excluding hydrogens is 436 g/mol. The van der Waals surface area contributed by atoms with E-state index < -0.39 is 29.6 Å². The van der Waals surface area contributed by atoms with Crippen LogP contribution in [-0.4, -0.2) is 64.8 Å². The van der Waals surface area contributed by atoms with E-state index in [0.717, 1.165) is 11.1 Å². The number of nitrogens with zero attached hydrogens (tertiary/aromatic N) is 2. The monoisotopic (exact) mass is 466 g/mol. The van der Waals surface area contributed by atoms with E-state index in [1.807, 2.05) is 24.3 Å². The maximum atomic E-state index is 13.5. The quantitative estimate of drug-likeness (QED) is 0.506. The second-order valence-corrected chi connectivity index (χ2v) is 9.48. The molecule has 5 rings (SSSR count). The summed E-state index contributed by atoms with van der Waals surface area (Å²) in [7, 11) is 0. The fraction of sp³-hybridized carbons (Fsp3) is 0.538. The van der Waals surface area contributed by atoms with Crippen molar-refractivity contribution in [2.24, 2.45) is 29.6 Å². The molecule has 8 heteroatoms. The van der Waals surface area contributed by atoms with Gasteiger partial charge < -0.3 is 9.84 Å². The molecule has 2 aliphatic carbocycles. The van der Waals surface area contributed by atoms with Gasteiger partial charge in [-0.2, -0.15) is 0 Å². The van der Waals surface area contributed by atoms with Crippen LogP contribution in [0.4, 0.5) is 0 Å². The van der Waals surface area contributed by atoms with E-state index in [9.17, 15) is 24.3 Å². The molecule has 1 saturated carbocycles. The molecule has 180 valence electrons. The molecule has 34 heavy (non-hydrogen) atoms. The summed E-state index contributed by atoms with van der Waals surface area (Å²) in [4.78, 5) is 55.7. The Hall–Kier alpha value is -3.00. The highest BCUT2D eigenvalue weighted by Crippen LogP contribution is 2.58. The zero-order chi connectivity index (χ0) is 24.1. The van der Waals surface area contributed by atoms with Crippen LogP contribution in [0, 0.1) is 29.6 Å². The molecule has 8 nitrogen and oxygen atoms in total. The van der Waals surface area contributed by atoms with Crippen molar-refractivity contribution in [1.82, 2.24) is 9.80 Å². The Bertz CT molecular complexity index is 1080. The minimum atomic E-state index is -0.570. The second-order valence-electron chi connectivity index (χ2n) is 9.48. The third kappa shape index (κ3) is 3.15. The Kier molecular flexibility index (Phi) is 5.80. The van der Waals surface area contributed by atoms with Crippen molar-refractivity contribution in [3.05, 3.63) is 41.5 Å². The van der Waals surface area contributed by atoms with Crippen molar-refractivity contribution in [3.63, 3.8) is 0 Å². The number of aliphatic hydroxyl groups is 1. The highest BCUT2D eigenvalue weighted by atomic mass is 16.5. The van der Waals surface area contributed by atoms with E-state index in [-0.39, 0.29) is 42.8 Å². The summed E-state index contributed by atoms with van der Waals surface area (Å²) in [6.07, 6.45) is 2.88. The number of fused-ring (bicyclic) bond motifs is 4. The first-order valence-corrected chi connectivity index (χ1v) is 12.2. The van der Waals surface area contributed by atoms with Gasteiger partial charge in [0.15, 0.2) is 0 Å². The zero-order valence-electron chi connectivity index (χ0n) is 19.5. The minimum absolute atomic E-state index is 0.109. The number of likely N-dealkylation sites (tertiary alicyclic amines) is 2. The number of rotatable bonds is 6. The third-order valence-corrected chi connectivity index (χ3v) is 8.07. The molecule has 6 atom stereocenters. The number of aliphatic hydroxyl groups excluding tert-OH is 1. The van der Waals surface area contributed by atoms with E-state index in [1.54, 1.807) is 19.9 Å². The van der Waals surface area contributed by atoms with E-state index in [2.05, 4.69) is 0 Å². The Labute approximate surface area is 198 Å². The number of carbonyl (C=O) groups excluding carboxylic acids is 4. The summed E-state index contributed by atoms with van der Waals surface area (Å²) < 4.78 is 5.83. The molecule has 0 aromatic heterocycles. The van der Waals surface area contributed by atoms with Crippen LogP contribution in [0.2, 0.25) is 0 Å². The van der Waals surface area contributed by atoms with Gasteiger partial charge in [0.1, 0.15) is 12.4 Å². The average Bonchev–Trinajstić information content (AvgIpc) is 3.24. The molecule has 1 aromatic carbocycles. The van der Waals surface area contributed by atoms with Crippen molar-refractivity contribution in [1.29, 1.82) is 0 Å². The SMILES string of the molecule is CCN1C(=O)[C@H]2[C@H](CC=C3[C@H]2C[C@H]2C(=O)N(CC)C(=O)[C@H]2[C@H]3c2ccccc2OCCO)C1=O. The van der Waals surface area contributed by atoms with E-state index in [4.69, 9.17) is 4.74 Å². The van der Waals surface area contributed by atoms with Crippen LogP contribution in [0.15, 0.2) is 35.9 Å². The minimum Gasteiger partial charge on any atom is -0.491 e. The number of amides is 4. The molecule has 4 amide bonds. The Morgan fingerprint density at radius 2 is 1.53 bits per heavy atom. The number of hydrogen-bond acceptors (Lipinski definition) is 6. The molecular formula is C26H30N2O6. The van der Waals surface area contributed by atoms with Gasteiger partial charge in [0, 0.05) is 24.6 Å². The van der Waals surface area contributed by atoms with Crippen LogP contribution in [-0.2, 0) is 19.2 Å². The Balaban J connectivity index is 1.64. The number of carbonyl (C=O) groups is 4. The van der Waals surface area contributed by atoms with Crippen molar-refractivity contribution >= 4 is 23.6 Å². The van der Waals surface area contributed by atoms with Crippen molar-refractivity contribution in [2.45, 2.75) is 32.6 Å². The van der Waals surface area contributed by atoms with E-state index in [1.165, 1.54) is 9.80 Å². The summed E-state index contributed by atoms with van der Waals surface area (Å²) >= 11 is 0. The van der Waals surface area contributed by atoms with Crippen LogP contribution in [0.25, 0.3) is 0 Å². The summed E-state index contributed by atoms with van der Waals surface area (Å²) in [6.45, 7) is 4.19. The molecule has 0 bridgehead atoms. The highest BCUT2D eigenvalue weighted by molar-refractivity contribution is 6.08. The zero-order valence-corrected chi connectivity index (χ0v) is 19.5. The number of benzene rings is 1. The van der Waals surface area contributed by atoms with Gasteiger partial charge >= 0.3 is 0 Å².